The second-order valence-corrected chi connectivity index (χ2v) is 14.3. The second-order valence-electron chi connectivity index (χ2n) is 14.3. The number of rotatable bonds is 26. The summed E-state index contributed by atoms with van der Waals surface area (Å²) >= 11 is 0. The molecule has 0 aromatic heterocycles. The smallest absolute Gasteiger partial charge is 0.343 e. The van der Waals surface area contributed by atoms with E-state index >= 15 is 0 Å². The molecule has 0 radical (unpaired) electrons. The van der Waals surface area contributed by atoms with Crippen molar-refractivity contribution in [1.29, 1.82) is 0 Å². The predicted molar refractivity (Wildman–Crippen MR) is 245 cm³/mol. The van der Waals surface area contributed by atoms with Crippen molar-refractivity contribution >= 4 is 46.9 Å². The molecule has 0 heterocycles. The number of ether oxygens (including phenoxy) is 6. The second kappa shape index (κ2) is 26.2. The minimum Gasteiger partial charge on any atom is -0.494 e. The first kappa shape index (κ1) is 46.8. The first-order chi connectivity index (χ1) is 30.8. The molecule has 0 N–H and O–H groups in total. The van der Waals surface area contributed by atoms with Crippen LogP contribution in [0, 0.1) is 0 Å². The van der Waals surface area contributed by atoms with Gasteiger partial charge in [0.15, 0.2) is 0 Å². The number of unbranched alkanes of at least 4 members (excludes halogenated alkanes) is 6. The van der Waals surface area contributed by atoms with E-state index < -0.39 is 23.9 Å². The summed E-state index contributed by atoms with van der Waals surface area (Å²) in [6.07, 6.45) is 14.7. The van der Waals surface area contributed by atoms with Crippen LogP contribution in [0.4, 0.5) is 0 Å². The normalized spacial score (nSPS) is 11.0. The maximum absolute atomic E-state index is 13.3. The van der Waals surface area contributed by atoms with Crippen molar-refractivity contribution in [1.82, 2.24) is 0 Å². The van der Waals surface area contributed by atoms with Crippen LogP contribution in [-0.4, -0.2) is 63.1 Å². The lowest BCUT2D eigenvalue weighted by Crippen LogP contribution is -2.11. The van der Waals surface area contributed by atoms with E-state index in [-0.39, 0.29) is 11.5 Å². The van der Waals surface area contributed by atoms with E-state index in [1.54, 1.807) is 72.9 Å². The third-order valence-corrected chi connectivity index (χ3v) is 9.54. The van der Waals surface area contributed by atoms with E-state index in [0.29, 0.717) is 61.2 Å². The third-order valence-electron chi connectivity index (χ3n) is 9.54. The molecule has 0 spiro atoms. The molecule has 11 nitrogen and oxygen atoms in total. The van der Waals surface area contributed by atoms with E-state index in [2.05, 4.69) is 42.4 Å². The van der Waals surface area contributed by atoms with E-state index in [1.807, 2.05) is 30.4 Å². The quantitative estimate of drug-likeness (QED) is 0.0174. The van der Waals surface area contributed by atoms with Crippen molar-refractivity contribution in [2.24, 2.45) is 4.99 Å². The van der Waals surface area contributed by atoms with Gasteiger partial charge in [-0.2, -0.15) is 0 Å². The van der Waals surface area contributed by atoms with Gasteiger partial charge in [-0.1, -0.05) is 61.7 Å². The summed E-state index contributed by atoms with van der Waals surface area (Å²) in [5.74, 6) is -0.253. The Balaban J connectivity index is 1.16. The van der Waals surface area contributed by atoms with Crippen molar-refractivity contribution in [3.8, 4) is 23.0 Å². The number of carbonyl (C=O) groups is 4. The molecule has 0 aliphatic rings. The number of hydrogen-bond donors (Lipinski definition) is 0. The van der Waals surface area contributed by atoms with Crippen molar-refractivity contribution in [2.75, 3.05) is 33.0 Å². The third kappa shape index (κ3) is 16.6. The van der Waals surface area contributed by atoms with Gasteiger partial charge in [-0.3, -0.25) is 4.99 Å². The Bertz CT molecular complexity index is 2350. The number of fused-ring (bicyclic) bond motifs is 1. The maximum atomic E-state index is 13.3. The summed E-state index contributed by atoms with van der Waals surface area (Å²) in [6, 6.07) is 32.5. The Labute approximate surface area is 368 Å². The SMILES string of the molecule is C=CC(=O)OCCCCCCOc1ccc(C(=O)Oc2ccc(OC(=O)c3ccc(OCCCCCCOC(=O)C=C)cc3)c(C=NC/C=C\c3ccc4ccccc4c3)c2)cc1. The minimum absolute atomic E-state index is 0.235. The van der Waals surface area contributed by atoms with Crippen LogP contribution < -0.4 is 18.9 Å². The summed E-state index contributed by atoms with van der Waals surface area (Å²) < 4.78 is 33.2. The van der Waals surface area contributed by atoms with Gasteiger partial charge < -0.3 is 28.4 Å². The Kier molecular flexibility index (Phi) is 19.4. The molecule has 0 aliphatic heterocycles. The van der Waals surface area contributed by atoms with Crippen molar-refractivity contribution in [3.05, 3.63) is 163 Å². The highest BCUT2D eigenvalue weighted by Crippen LogP contribution is 2.26. The lowest BCUT2D eigenvalue weighted by molar-refractivity contribution is -0.138. The zero-order valence-corrected chi connectivity index (χ0v) is 35.4. The van der Waals surface area contributed by atoms with Gasteiger partial charge in [0.1, 0.15) is 23.0 Å². The molecule has 0 aliphatic carbocycles. The molecule has 63 heavy (non-hydrogen) atoms. The Morgan fingerprint density at radius 3 is 1.62 bits per heavy atom. The van der Waals surface area contributed by atoms with Crippen LogP contribution in [0.2, 0.25) is 0 Å². The largest absolute Gasteiger partial charge is 0.494 e. The molecule has 0 atom stereocenters. The molecule has 0 saturated heterocycles. The molecule has 5 aromatic rings. The number of carbonyl (C=O) groups excluding carboxylic acids is 4. The highest BCUT2D eigenvalue weighted by molar-refractivity contribution is 5.94. The van der Waals surface area contributed by atoms with E-state index in [1.165, 1.54) is 0 Å². The van der Waals surface area contributed by atoms with Crippen LogP contribution in [0.5, 0.6) is 23.0 Å². The standard InChI is InChI=1S/C52H53NO10/c1-3-49(54)60-34-13-7-5-11-32-58-45-25-21-41(22-26-45)51(56)62-47-29-30-48(44(37-47)38-53-31-15-16-39-19-20-40-17-9-10-18-43(40)36-39)63-52(57)42-23-27-46(28-24-42)59-33-12-6-8-14-35-61-50(55)4-2/h3-4,9-10,15-30,36-38H,1-2,5-8,11-14,31-35H2/b16-15-,53-38?. The summed E-state index contributed by atoms with van der Waals surface area (Å²) in [7, 11) is 0. The summed E-state index contributed by atoms with van der Waals surface area (Å²) in [5.41, 5.74) is 2.14. The first-order valence-corrected chi connectivity index (χ1v) is 21.1. The zero-order chi connectivity index (χ0) is 44.5. The number of hydrogen-bond acceptors (Lipinski definition) is 11. The van der Waals surface area contributed by atoms with E-state index in [4.69, 9.17) is 28.4 Å². The molecule has 0 bridgehead atoms. The minimum atomic E-state index is -0.580. The molecule has 0 amide bonds. The van der Waals surface area contributed by atoms with Gasteiger partial charge in [-0.15, -0.1) is 0 Å². The summed E-state index contributed by atoms with van der Waals surface area (Å²) in [5, 5.41) is 2.31. The monoisotopic (exact) mass is 851 g/mol. The summed E-state index contributed by atoms with van der Waals surface area (Å²) in [6.45, 7) is 8.87. The molecule has 11 heteroatoms. The highest BCUT2D eigenvalue weighted by Gasteiger charge is 2.15. The Morgan fingerprint density at radius 1 is 0.524 bits per heavy atom. The van der Waals surface area contributed by atoms with Crippen LogP contribution in [0.1, 0.15) is 83.2 Å². The highest BCUT2D eigenvalue weighted by atomic mass is 16.5. The van der Waals surface area contributed by atoms with Crippen LogP contribution >= 0.6 is 0 Å². The summed E-state index contributed by atoms with van der Waals surface area (Å²) in [4.78, 5) is 53.3. The number of nitrogens with zero attached hydrogens (tertiary/aromatic N) is 1. The molecule has 0 fully saturated rings. The fourth-order valence-electron chi connectivity index (χ4n) is 6.15. The zero-order valence-electron chi connectivity index (χ0n) is 35.4. The lowest BCUT2D eigenvalue weighted by atomic mass is 10.1. The van der Waals surface area contributed by atoms with Crippen molar-refractivity contribution in [3.63, 3.8) is 0 Å². The predicted octanol–water partition coefficient (Wildman–Crippen LogP) is 10.7. The van der Waals surface area contributed by atoms with E-state index in [0.717, 1.165) is 79.9 Å². The van der Waals surface area contributed by atoms with Gasteiger partial charge >= 0.3 is 23.9 Å². The van der Waals surface area contributed by atoms with Gasteiger partial charge in [-0.05, 0) is 140 Å². The van der Waals surface area contributed by atoms with Crippen molar-refractivity contribution in [2.45, 2.75) is 51.4 Å². The fraction of sp³-hybridized carbons (Fsp3) is 0.250. The van der Waals surface area contributed by atoms with Crippen LogP contribution in [0.3, 0.4) is 0 Å². The fourth-order valence-corrected chi connectivity index (χ4v) is 6.15. The molecule has 0 unspecified atom stereocenters. The number of benzene rings is 5. The van der Waals surface area contributed by atoms with Gasteiger partial charge in [-0.25, -0.2) is 19.2 Å². The Hall–Kier alpha value is -7.27. The molecule has 5 rings (SSSR count). The van der Waals surface area contributed by atoms with Crippen LogP contribution in [-0.2, 0) is 19.1 Å². The Morgan fingerprint density at radius 2 is 1.05 bits per heavy atom. The first-order valence-electron chi connectivity index (χ1n) is 21.1. The van der Waals surface area contributed by atoms with Gasteiger partial charge in [0.2, 0.25) is 0 Å². The van der Waals surface area contributed by atoms with Gasteiger partial charge in [0, 0.05) is 23.9 Å². The molecule has 5 aromatic carbocycles. The van der Waals surface area contributed by atoms with Crippen LogP contribution in [0.15, 0.2) is 146 Å². The molecular weight excluding hydrogens is 799 g/mol. The average molecular weight is 852 g/mol. The topological polar surface area (TPSA) is 136 Å². The van der Waals surface area contributed by atoms with Crippen LogP contribution in [0.25, 0.3) is 16.8 Å². The lowest BCUT2D eigenvalue weighted by Gasteiger charge is -2.11. The average Bonchev–Trinajstić information content (AvgIpc) is 3.31. The maximum Gasteiger partial charge on any atom is 0.343 e. The van der Waals surface area contributed by atoms with E-state index in [9.17, 15) is 19.2 Å². The van der Waals surface area contributed by atoms with Gasteiger partial charge in [0.25, 0.3) is 0 Å². The van der Waals surface area contributed by atoms with Crippen molar-refractivity contribution < 1.29 is 47.6 Å². The molecular formula is C52H53NO10. The molecule has 326 valence electrons. The van der Waals surface area contributed by atoms with Gasteiger partial charge in [0.05, 0.1) is 44.1 Å². The molecule has 0 saturated carbocycles. The number of aliphatic imine (C=N–C) groups is 1. The number of esters is 4.